The van der Waals surface area contributed by atoms with Crippen molar-refractivity contribution in [2.24, 2.45) is 5.92 Å². The van der Waals surface area contributed by atoms with Crippen LogP contribution in [0.15, 0.2) is 0 Å². The molecule has 1 fully saturated rings. The average molecular weight is 205 g/mol. The summed E-state index contributed by atoms with van der Waals surface area (Å²) in [6.07, 6.45) is 10.3. The minimum atomic E-state index is 1.14. The van der Waals surface area contributed by atoms with E-state index in [9.17, 15) is 0 Å². The van der Waals surface area contributed by atoms with Crippen molar-refractivity contribution in [3.05, 3.63) is 0 Å². The minimum absolute atomic E-state index is 1.14. The van der Waals surface area contributed by atoms with Crippen molar-refractivity contribution >= 4 is 15.9 Å². The van der Waals surface area contributed by atoms with Gasteiger partial charge in [-0.2, -0.15) is 0 Å². The highest BCUT2D eigenvalue weighted by Crippen LogP contribution is 2.34. The monoisotopic (exact) mass is 204 g/mol. The van der Waals surface area contributed by atoms with Gasteiger partial charge in [-0.25, -0.2) is 0 Å². The van der Waals surface area contributed by atoms with Crippen molar-refractivity contribution in [1.82, 2.24) is 0 Å². The zero-order valence-electron chi connectivity index (χ0n) is 6.61. The molecule has 0 heterocycles. The van der Waals surface area contributed by atoms with Crippen LogP contribution >= 0.6 is 15.9 Å². The predicted octanol–water partition coefficient (Wildman–Crippen LogP) is 3.74. The molecule has 1 saturated carbocycles. The normalized spacial score (nSPS) is 17.7. The summed E-state index contributed by atoms with van der Waals surface area (Å²) in [6, 6.07) is 0. The van der Waals surface area contributed by atoms with Crippen molar-refractivity contribution in [3.8, 4) is 0 Å². The van der Waals surface area contributed by atoms with E-state index in [1.54, 1.807) is 0 Å². The summed E-state index contributed by atoms with van der Waals surface area (Å²) < 4.78 is 0. The molecule has 1 aliphatic rings. The largest absolute Gasteiger partial charge is 0.0928 e. The van der Waals surface area contributed by atoms with Crippen molar-refractivity contribution in [3.63, 3.8) is 0 Å². The van der Waals surface area contributed by atoms with Crippen LogP contribution in [0.3, 0.4) is 0 Å². The zero-order valence-corrected chi connectivity index (χ0v) is 8.20. The number of hydrogen-bond donors (Lipinski definition) is 0. The molecule has 1 rings (SSSR count). The van der Waals surface area contributed by atoms with Crippen LogP contribution in [-0.4, -0.2) is 5.33 Å². The summed E-state index contributed by atoms with van der Waals surface area (Å²) in [5.74, 6) is 1.14. The Morgan fingerprint density at radius 2 is 1.70 bits per heavy atom. The molecule has 0 amide bonds. The third-order valence-corrected chi connectivity index (χ3v) is 2.75. The smallest absolute Gasteiger partial charge is 0.00313 e. The minimum Gasteiger partial charge on any atom is -0.0928 e. The molecule has 0 nitrogen and oxygen atoms in total. The molecule has 10 heavy (non-hydrogen) atoms. The molecule has 0 aromatic carbocycles. The standard InChI is InChI=1S/C9H17Br/c10-8-4-2-1-3-5-9-6-7-9/h9H,1-8H2. The summed E-state index contributed by atoms with van der Waals surface area (Å²) in [7, 11) is 0. The van der Waals surface area contributed by atoms with Crippen LogP contribution in [-0.2, 0) is 0 Å². The van der Waals surface area contributed by atoms with Gasteiger partial charge in [0, 0.05) is 5.33 Å². The van der Waals surface area contributed by atoms with Gasteiger partial charge >= 0.3 is 0 Å². The van der Waals surface area contributed by atoms with E-state index in [1.807, 2.05) is 0 Å². The molecule has 0 saturated heterocycles. The first-order valence-corrected chi connectivity index (χ1v) is 5.61. The van der Waals surface area contributed by atoms with E-state index >= 15 is 0 Å². The summed E-state index contributed by atoms with van der Waals surface area (Å²) in [4.78, 5) is 0. The second kappa shape index (κ2) is 5.17. The van der Waals surface area contributed by atoms with Crippen molar-refractivity contribution in [2.75, 3.05) is 5.33 Å². The molecule has 0 aromatic rings. The van der Waals surface area contributed by atoms with E-state index < -0.39 is 0 Å². The van der Waals surface area contributed by atoms with Crippen LogP contribution < -0.4 is 0 Å². The van der Waals surface area contributed by atoms with E-state index in [4.69, 9.17) is 0 Å². The Kier molecular flexibility index (Phi) is 4.44. The summed E-state index contributed by atoms with van der Waals surface area (Å²) in [6.45, 7) is 0. The van der Waals surface area contributed by atoms with Gasteiger partial charge in [0.05, 0.1) is 0 Å². The molecule has 0 bridgehead atoms. The number of halogens is 1. The number of unbranched alkanes of at least 4 members (excludes halogenated alkanes) is 3. The maximum Gasteiger partial charge on any atom is 0.00313 e. The second-order valence-electron chi connectivity index (χ2n) is 3.34. The predicted molar refractivity (Wildman–Crippen MR) is 49.6 cm³/mol. The van der Waals surface area contributed by atoms with Gasteiger partial charge in [0.2, 0.25) is 0 Å². The van der Waals surface area contributed by atoms with E-state index in [-0.39, 0.29) is 0 Å². The molecule has 0 aliphatic heterocycles. The molecule has 0 N–H and O–H groups in total. The van der Waals surface area contributed by atoms with E-state index in [0.29, 0.717) is 0 Å². The molecule has 0 spiro atoms. The van der Waals surface area contributed by atoms with Gasteiger partial charge in [-0.05, 0) is 12.3 Å². The SMILES string of the molecule is BrCCCCCCC1CC1. The number of alkyl halides is 1. The van der Waals surface area contributed by atoms with Gasteiger partial charge in [0.25, 0.3) is 0 Å². The van der Waals surface area contributed by atoms with Crippen LogP contribution in [0.5, 0.6) is 0 Å². The van der Waals surface area contributed by atoms with Crippen molar-refractivity contribution < 1.29 is 0 Å². The highest BCUT2D eigenvalue weighted by atomic mass is 79.9. The topological polar surface area (TPSA) is 0 Å². The third kappa shape index (κ3) is 4.32. The first kappa shape index (κ1) is 8.58. The second-order valence-corrected chi connectivity index (χ2v) is 4.13. The average Bonchev–Trinajstić information content (AvgIpc) is 2.71. The summed E-state index contributed by atoms with van der Waals surface area (Å²) in [5, 5.41) is 1.19. The molecular formula is C9H17Br. The number of rotatable bonds is 6. The van der Waals surface area contributed by atoms with Crippen LogP contribution in [0.25, 0.3) is 0 Å². The van der Waals surface area contributed by atoms with E-state index in [0.717, 1.165) is 5.92 Å². The van der Waals surface area contributed by atoms with Gasteiger partial charge < -0.3 is 0 Å². The third-order valence-electron chi connectivity index (χ3n) is 2.19. The Bertz CT molecular complexity index is 76.8. The molecule has 0 unspecified atom stereocenters. The first-order valence-electron chi connectivity index (χ1n) is 4.49. The lowest BCUT2D eigenvalue weighted by Crippen LogP contribution is -1.80. The molecular weight excluding hydrogens is 188 g/mol. The van der Waals surface area contributed by atoms with Gasteiger partial charge in [0.15, 0.2) is 0 Å². The fourth-order valence-corrected chi connectivity index (χ4v) is 1.68. The molecule has 1 heteroatoms. The molecule has 0 aromatic heterocycles. The van der Waals surface area contributed by atoms with Gasteiger partial charge in [0.1, 0.15) is 0 Å². The fourth-order valence-electron chi connectivity index (χ4n) is 1.29. The van der Waals surface area contributed by atoms with Crippen LogP contribution in [0, 0.1) is 5.92 Å². The summed E-state index contributed by atoms with van der Waals surface area (Å²) in [5.41, 5.74) is 0. The van der Waals surface area contributed by atoms with Crippen LogP contribution in [0.2, 0.25) is 0 Å². The molecule has 0 radical (unpaired) electrons. The highest BCUT2D eigenvalue weighted by Gasteiger charge is 2.19. The lowest BCUT2D eigenvalue weighted by Gasteiger charge is -1.96. The molecule has 0 atom stereocenters. The van der Waals surface area contributed by atoms with Gasteiger partial charge in [-0.3, -0.25) is 0 Å². The molecule has 1 aliphatic carbocycles. The van der Waals surface area contributed by atoms with Crippen LogP contribution in [0.1, 0.15) is 44.9 Å². The van der Waals surface area contributed by atoms with Gasteiger partial charge in [-0.15, -0.1) is 0 Å². The lowest BCUT2D eigenvalue weighted by atomic mass is 10.1. The zero-order chi connectivity index (χ0) is 7.23. The van der Waals surface area contributed by atoms with E-state index in [2.05, 4.69) is 15.9 Å². The van der Waals surface area contributed by atoms with Crippen molar-refractivity contribution in [1.29, 1.82) is 0 Å². The Morgan fingerprint density at radius 3 is 2.30 bits per heavy atom. The lowest BCUT2D eigenvalue weighted by molar-refractivity contribution is 0.599. The maximum atomic E-state index is 3.44. The summed E-state index contributed by atoms with van der Waals surface area (Å²) >= 11 is 3.44. The van der Waals surface area contributed by atoms with Gasteiger partial charge in [-0.1, -0.05) is 54.5 Å². The van der Waals surface area contributed by atoms with Crippen molar-refractivity contribution in [2.45, 2.75) is 44.9 Å². The Morgan fingerprint density at radius 1 is 1.00 bits per heavy atom. The maximum absolute atomic E-state index is 3.44. The quantitative estimate of drug-likeness (QED) is 0.457. The highest BCUT2D eigenvalue weighted by molar-refractivity contribution is 9.09. The Balaban J connectivity index is 1.68. The Labute approximate surface area is 72.5 Å². The number of hydrogen-bond acceptors (Lipinski definition) is 0. The Hall–Kier alpha value is 0.480. The molecule has 60 valence electrons. The van der Waals surface area contributed by atoms with E-state index in [1.165, 1.54) is 50.3 Å². The van der Waals surface area contributed by atoms with Crippen LogP contribution in [0.4, 0.5) is 0 Å². The first-order chi connectivity index (χ1) is 4.93. The fraction of sp³-hybridized carbons (Fsp3) is 1.00.